The van der Waals surface area contributed by atoms with Crippen LogP contribution >= 0.6 is 22.7 Å². The van der Waals surface area contributed by atoms with Crippen LogP contribution in [0.3, 0.4) is 0 Å². The van der Waals surface area contributed by atoms with Gasteiger partial charge in [0.1, 0.15) is 10.0 Å². The van der Waals surface area contributed by atoms with Crippen LogP contribution < -0.4 is 11.1 Å². The van der Waals surface area contributed by atoms with Gasteiger partial charge in [0, 0.05) is 24.2 Å². The average molecular weight is 402 g/mol. The zero-order chi connectivity index (χ0) is 18.6. The van der Waals surface area contributed by atoms with Gasteiger partial charge in [0.15, 0.2) is 0 Å². The molecule has 0 radical (unpaired) electrons. The minimum absolute atomic E-state index is 0.130. The van der Waals surface area contributed by atoms with Crippen molar-refractivity contribution >= 4 is 38.8 Å². The number of carbonyl (C=O) groups is 1. The molecule has 3 aromatic rings. The second-order valence-electron chi connectivity index (χ2n) is 6.61. The lowest BCUT2D eigenvalue weighted by Crippen LogP contribution is -2.14. The molecule has 0 aromatic carbocycles. The number of hydrogen-bond acceptors (Lipinski definition) is 9. The van der Waals surface area contributed by atoms with Crippen molar-refractivity contribution in [3.8, 4) is 0 Å². The SMILES string of the molecule is Nc1nnc(CC2CCC(c3nnc(NC(=O)Cc4ccccn4)s3)C2)s1. The number of pyridine rings is 1. The van der Waals surface area contributed by atoms with E-state index < -0.39 is 0 Å². The Morgan fingerprint density at radius 2 is 2.11 bits per heavy atom. The van der Waals surface area contributed by atoms with Gasteiger partial charge < -0.3 is 11.1 Å². The van der Waals surface area contributed by atoms with Crippen LogP contribution in [-0.4, -0.2) is 31.3 Å². The summed E-state index contributed by atoms with van der Waals surface area (Å²) in [6.07, 6.45) is 6.08. The van der Waals surface area contributed by atoms with Crippen molar-refractivity contribution in [2.24, 2.45) is 5.92 Å². The van der Waals surface area contributed by atoms with Crippen LogP contribution in [-0.2, 0) is 17.6 Å². The normalized spacial score (nSPS) is 19.3. The Labute approximate surface area is 164 Å². The molecular weight excluding hydrogens is 382 g/mol. The van der Waals surface area contributed by atoms with Gasteiger partial charge in [0.05, 0.1) is 6.42 Å². The molecule has 1 saturated carbocycles. The molecule has 2 atom stereocenters. The monoisotopic (exact) mass is 401 g/mol. The molecule has 1 fully saturated rings. The maximum atomic E-state index is 12.1. The van der Waals surface area contributed by atoms with Crippen molar-refractivity contribution in [1.29, 1.82) is 0 Å². The Kier molecular flexibility index (Phi) is 5.35. The highest BCUT2D eigenvalue weighted by Crippen LogP contribution is 2.41. The zero-order valence-electron chi connectivity index (χ0n) is 14.5. The standard InChI is InChI=1S/C17H19N7OS2/c18-16-23-21-14(26-16)8-10-4-5-11(7-10)15-22-24-17(27-15)20-13(25)9-12-3-1-2-6-19-12/h1-3,6,10-11H,4-5,7-9H2,(H2,18,23)(H,20,24,25). The fourth-order valence-corrected chi connectivity index (χ4v) is 4.99. The molecule has 4 rings (SSSR count). The zero-order valence-corrected chi connectivity index (χ0v) is 16.2. The lowest BCUT2D eigenvalue weighted by atomic mass is 10.0. The van der Waals surface area contributed by atoms with Gasteiger partial charge in [-0.25, -0.2) is 0 Å². The molecule has 3 aromatic heterocycles. The first kappa shape index (κ1) is 17.9. The Morgan fingerprint density at radius 3 is 2.89 bits per heavy atom. The van der Waals surface area contributed by atoms with E-state index in [1.807, 2.05) is 18.2 Å². The summed E-state index contributed by atoms with van der Waals surface area (Å²) in [5.74, 6) is 0.821. The highest BCUT2D eigenvalue weighted by atomic mass is 32.1. The van der Waals surface area contributed by atoms with E-state index in [0.717, 1.165) is 41.4 Å². The minimum atomic E-state index is -0.130. The largest absolute Gasteiger partial charge is 0.374 e. The third-order valence-corrected chi connectivity index (χ3v) is 6.37. The molecule has 3 N–H and O–H groups in total. The van der Waals surface area contributed by atoms with Gasteiger partial charge in [-0.2, -0.15) is 0 Å². The van der Waals surface area contributed by atoms with Crippen molar-refractivity contribution in [3.63, 3.8) is 0 Å². The second kappa shape index (κ2) is 8.05. The first-order valence-corrected chi connectivity index (χ1v) is 10.4. The predicted molar refractivity (Wildman–Crippen MR) is 105 cm³/mol. The van der Waals surface area contributed by atoms with E-state index in [2.05, 4.69) is 30.7 Å². The number of carbonyl (C=O) groups excluding carboxylic acids is 1. The van der Waals surface area contributed by atoms with E-state index in [4.69, 9.17) is 5.73 Å². The highest BCUT2D eigenvalue weighted by Gasteiger charge is 2.29. The van der Waals surface area contributed by atoms with E-state index in [9.17, 15) is 4.79 Å². The number of nitrogens with two attached hydrogens (primary N) is 1. The minimum Gasteiger partial charge on any atom is -0.374 e. The molecule has 140 valence electrons. The summed E-state index contributed by atoms with van der Waals surface area (Å²) in [5.41, 5.74) is 6.38. The maximum Gasteiger partial charge on any atom is 0.232 e. The molecule has 10 heteroatoms. The lowest BCUT2D eigenvalue weighted by Gasteiger charge is -2.06. The van der Waals surface area contributed by atoms with Gasteiger partial charge >= 0.3 is 0 Å². The van der Waals surface area contributed by atoms with E-state index >= 15 is 0 Å². The molecule has 0 bridgehead atoms. The van der Waals surface area contributed by atoms with Crippen LogP contribution in [0.4, 0.5) is 10.3 Å². The Hall–Kier alpha value is -2.46. The number of amides is 1. The highest BCUT2D eigenvalue weighted by molar-refractivity contribution is 7.15. The molecule has 3 heterocycles. The lowest BCUT2D eigenvalue weighted by molar-refractivity contribution is -0.115. The van der Waals surface area contributed by atoms with Crippen LogP contribution in [0, 0.1) is 5.92 Å². The summed E-state index contributed by atoms with van der Waals surface area (Å²) in [4.78, 5) is 16.3. The van der Waals surface area contributed by atoms with Crippen molar-refractivity contribution < 1.29 is 4.79 Å². The number of nitrogen functional groups attached to an aromatic ring is 1. The van der Waals surface area contributed by atoms with Crippen LogP contribution in [0.5, 0.6) is 0 Å². The molecule has 8 nitrogen and oxygen atoms in total. The van der Waals surface area contributed by atoms with Crippen LogP contribution in [0.15, 0.2) is 24.4 Å². The third-order valence-electron chi connectivity index (χ3n) is 4.59. The van der Waals surface area contributed by atoms with Crippen LogP contribution in [0.1, 0.15) is 40.9 Å². The Morgan fingerprint density at radius 1 is 1.19 bits per heavy atom. The van der Waals surface area contributed by atoms with Gasteiger partial charge in [-0.1, -0.05) is 28.7 Å². The molecule has 1 aliphatic rings. The second-order valence-corrected chi connectivity index (χ2v) is 8.71. The number of nitrogens with zero attached hydrogens (tertiary/aromatic N) is 5. The number of rotatable bonds is 6. The molecule has 1 aliphatic carbocycles. The molecule has 0 saturated heterocycles. The van der Waals surface area contributed by atoms with Crippen molar-refractivity contribution in [1.82, 2.24) is 25.4 Å². The number of hydrogen-bond donors (Lipinski definition) is 2. The van der Waals surface area contributed by atoms with E-state index in [1.165, 1.54) is 22.7 Å². The maximum absolute atomic E-state index is 12.1. The smallest absolute Gasteiger partial charge is 0.232 e. The summed E-state index contributed by atoms with van der Waals surface area (Å²) < 4.78 is 0. The van der Waals surface area contributed by atoms with Crippen LogP contribution in [0.25, 0.3) is 0 Å². The topological polar surface area (TPSA) is 120 Å². The summed E-state index contributed by atoms with van der Waals surface area (Å²) >= 11 is 2.92. The molecule has 1 amide bonds. The van der Waals surface area contributed by atoms with Gasteiger partial charge in [-0.05, 0) is 37.3 Å². The first-order valence-electron chi connectivity index (χ1n) is 8.76. The fourth-order valence-electron chi connectivity index (χ4n) is 3.36. The molecule has 2 unspecified atom stereocenters. The Bertz CT molecular complexity index is 911. The van der Waals surface area contributed by atoms with Crippen molar-refractivity contribution in [3.05, 3.63) is 40.1 Å². The molecule has 0 spiro atoms. The number of aromatic nitrogens is 5. The van der Waals surface area contributed by atoms with Gasteiger partial charge in [-0.15, -0.1) is 20.4 Å². The van der Waals surface area contributed by atoms with E-state index in [1.54, 1.807) is 6.20 Å². The van der Waals surface area contributed by atoms with Crippen molar-refractivity contribution in [2.45, 2.75) is 38.0 Å². The fraction of sp³-hybridized carbons (Fsp3) is 0.412. The van der Waals surface area contributed by atoms with Crippen LogP contribution in [0.2, 0.25) is 0 Å². The summed E-state index contributed by atoms with van der Waals surface area (Å²) in [6, 6.07) is 5.52. The van der Waals surface area contributed by atoms with E-state index in [-0.39, 0.29) is 12.3 Å². The molecular formula is C17H19N7OS2. The van der Waals surface area contributed by atoms with Gasteiger partial charge in [-0.3, -0.25) is 9.78 Å². The van der Waals surface area contributed by atoms with E-state index in [0.29, 0.717) is 22.1 Å². The van der Waals surface area contributed by atoms with Gasteiger partial charge in [0.25, 0.3) is 0 Å². The average Bonchev–Trinajstić information content (AvgIpc) is 3.38. The molecule has 27 heavy (non-hydrogen) atoms. The van der Waals surface area contributed by atoms with Crippen molar-refractivity contribution in [2.75, 3.05) is 11.1 Å². The molecule has 0 aliphatic heterocycles. The first-order chi connectivity index (χ1) is 13.2. The van der Waals surface area contributed by atoms with Gasteiger partial charge in [0.2, 0.25) is 16.2 Å². The summed E-state index contributed by atoms with van der Waals surface area (Å²) in [5, 5.41) is 22.3. The Balaban J connectivity index is 1.31. The number of anilines is 2. The summed E-state index contributed by atoms with van der Waals surface area (Å²) in [6.45, 7) is 0. The summed E-state index contributed by atoms with van der Waals surface area (Å²) in [7, 11) is 0. The number of nitrogens with one attached hydrogen (secondary N) is 1. The quantitative estimate of drug-likeness (QED) is 0.651. The predicted octanol–water partition coefficient (Wildman–Crippen LogP) is 2.67. The third kappa shape index (κ3) is 4.64.